The third kappa shape index (κ3) is 4.81. The van der Waals surface area contributed by atoms with Gasteiger partial charge in [-0.25, -0.2) is 4.39 Å². The zero-order valence-corrected chi connectivity index (χ0v) is 18.2. The summed E-state index contributed by atoms with van der Waals surface area (Å²) in [4.78, 5) is 28.9. The summed E-state index contributed by atoms with van der Waals surface area (Å²) >= 11 is 0. The van der Waals surface area contributed by atoms with Crippen LogP contribution in [0.25, 0.3) is 11.0 Å². The number of hydrogen-bond donors (Lipinski definition) is 1. The number of aryl methyl sites for hydroxylation is 1. The summed E-state index contributed by atoms with van der Waals surface area (Å²) < 4.78 is 54.3. The van der Waals surface area contributed by atoms with E-state index in [1.165, 1.54) is 6.07 Å². The van der Waals surface area contributed by atoms with E-state index in [0.29, 0.717) is 36.3 Å². The summed E-state index contributed by atoms with van der Waals surface area (Å²) in [7, 11) is 0. The Kier molecular flexibility index (Phi) is 5.65. The third-order valence-corrected chi connectivity index (χ3v) is 6.11. The predicted octanol–water partition coefficient (Wildman–Crippen LogP) is 3.43. The molecule has 1 fully saturated rings. The first-order chi connectivity index (χ1) is 16.7. The van der Waals surface area contributed by atoms with Crippen LogP contribution in [0.4, 0.5) is 17.6 Å². The van der Waals surface area contributed by atoms with Gasteiger partial charge in [0, 0.05) is 43.7 Å². The minimum atomic E-state index is -4.98. The van der Waals surface area contributed by atoms with E-state index in [-0.39, 0.29) is 30.6 Å². The molecule has 2 aromatic carbocycles. The lowest BCUT2D eigenvalue weighted by Crippen LogP contribution is -2.33. The predicted molar refractivity (Wildman–Crippen MR) is 114 cm³/mol. The molecule has 12 heteroatoms. The maximum absolute atomic E-state index is 13.9. The fraction of sp³-hybridized carbons (Fsp3) is 0.304. The van der Waals surface area contributed by atoms with Crippen molar-refractivity contribution in [1.82, 2.24) is 25.2 Å². The fourth-order valence-electron chi connectivity index (χ4n) is 4.40. The van der Waals surface area contributed by atoms with Crippen LogP contribution in [0.3, 0.4) is 0 Å². The number of carbonyl (C=O) groups excluding carboxylic acids is 2. The van der Waals surface area contributed by atoms with Crippen LogP contribution >= 0.6 is 0 Å². The van der Waals surface area contributed by atoms with E-state index in [1.54, 1.807) is 34.2 Å². The van der Waals surface area contributed by atoms with E-state index in [4.69, 9.17) is 0 Å². The molecule has 3 aromatic rings. The van der Waals surface area contributed by atoms with Gasteiger partial charge in [0.1, 0.15) is 5.52 Å². The molecule has 0 unspecified atom stereocenters. The molecule has 2 amide bonds. The molecular formula is C23H19F4N5O3. The van der Waals surface area contributed by atoms with Crippen LogP contribution in [0.15, 0.2) is 48.2 Å². The smallest absolute Gasteiger partial charge is 0.403 e. The number of nitrogens with zero attached hydrogens (tertiary/aromatic N) is 4. The molecule has 1 saturated heterocycles. The number of fused-ring (bicyclic) bond motifs is 2. The number of nitrogens with one attached hydrogen (secondary N) is 1. The molecule has 2 aliphatic heterocycles. The van der Waals surface area contributed by atoms with Crippen molar-refractivity contribution in [3.63, 3.8) is 0 Å². The summed E-state index contributed by atoms with van der Waals surface area (Å²) in [6.07, 6.45) is -2.94. The van der Waals surface area contributed by atoms with Crippen molar-refractivity contribution >= 4 is 22.8 Å². The van der Waals surface area contributed by atoms with E-state index in [2.05, 4.69) is 20.1 Å². The van der Waals surface area contributed by atoms with Crippen molar-refractivity contribution in [3.05, 3.63) is 65.1 Å². The highest BCUT2D eigenvalue weighted by Crippen LogP contribution is 2.31. The number of alkyl halides is 3. The lowest BCUT2D eigenvalue weighted by molar-refractivity contribution is -0.275. The van der Waals surface area contributed by atoms with Gasteiger partial charge in [-0.05, 0) is 47.9 Å². The molecule has 0 aliphatic carbocycles. The van der Waals surface area contributed by atoms with Crippen LogP contribution in [-0.2, 0) is 11.2 Å². The van der Waals surface area contributed by atoms with Crippen LogP contribution in [0, 0.1) is 11.7 Å². The quantitative estimate of drug-likeness (QED) is 0.555. The van der Waals surface area contributed by atoms with Gasteiger partial charge in [0.15, 0.2) is 11.6 Å². The molecular weight excluding hydrogens is 470 g/mol. The van der Waals surface area contributed by atoms with Gasteiger partial charge < -0.3 is 14.5 Å². The summed E-state index contributed by atoms with van der Waals surface area (Å²) in [6, 6.07) is 8.27. The number of carbonyl (C=O) groups is 2. The van der Waals surface area contributed by atoms with Crippen molar-refractivity contribution in [2.24, 2.45) is 5.92 Å². The first-order valence-electron chi connectivity index (χ1n) is 10.8. The number of rotatable bonds is 5. The van der Waals surface area contributed by atoms with Crippen molar-refractivity contribution in [2.45, 2.75) is 19.2 Å². The van der Waals surface area contributed by atoms with Crippen LogP contribution in [0.2, 0.25) is 0 Å². The maximum atomic E-state index is 13.9. The molecule has 1 N–H and O–H groups in total. The van der Waals surface area contributed by atoms with Gasteiger partial charge in [-0.2, -0.15) is 0 Å². The van der Waals surface area contributed by atoms with Crippen molar-refractivity contribution < 1.29 is 31.9 Å². The summed E-state index contributed by atoms with van der Waals surface area (Å²) in [6.45, 7) is 1.31. The molecule has 8 nitrogen and oxygen atoms in total. The minimum Gasteiger partial charge on any atom is -0.403 e. The molecule has 5 rings (SSSR count). The highest BCUT2D eigenvalue weighted by molar-refractivity contribution is 5.98. The average Bonchev–Trinajstić information content (AvgIpc) is 3.52. The van der Waals surface area contributed by atoms with Gasteiger partial charge in [-0.1, -0.05) is 11.3 Å². The van der Waals surface area contributed by atoms with E-state index in [0.717, 1.165) is 23.2 Å². The first kappa shape index (κ1) is 22.8. The topological polar surface area (TPSA) is 91.4 Å². The monoisotopic (exact) mass is 489 g/mol. The molecule has 35 heavy (non-hydrogen) atoms. The standard InChI is InChI=1S/C23H19F4N5O3/c24-17-7-13(1-5-20(17)35-23(25,26)27)2-6-21(33)31-9-15-11-32(12-16(15)10-31)22(34)14-3-4-18-19(8-14)29-30-28-18/h1,3-5,7-8,11,16H,2,6,9-10,12H2,(H,28,29,30)/t16-/m1/s1. The van der Waals surface area contributed by atoms with E-state index >= 15 is 0 Å². The highest BCUT2D eigenvalue weighted by Gasteiger charge is 2.37. The number of aromatic amines is 1. The number of aromatic nitrogens is 3. The lowest BCUT2D eigenvalue weighted by Gasteiger charge is -2.20. The van der Waals surface area contributed by atoms with E-state index in [9.17, 15) is 27.2 Å². The van der Waals surface area contributed by atoms with Gasteiger partial charge in [-0.3, -0.25) is 14.7 Å². The molecule has 2 aliphatic rings. The van der Waals surface area contributed by atoms with Gasteiger partial charge in [0.25, 0.3) is 5.91 Å². The zero-order chi connectivity index (χ0) is 24.7. The Morgan fingerprint density at radius 2 is 1.97 bits per heavy atom. The van der Waals surface area contributed by atoms with Gasteiger partial charge >= 0.3 is 6.36 Å². The molecule has 3 heterocycles. The molecule has 0 radical (unpaired) electrons. The second kappa shape index (κ2) is 8.67. The van der Waals surface area contributed by atoms with Crippen molar-refractivity contribution in [1.29, 1.82) is 0 Å². The molecule has 1 atom stereocenters. The third-order valence-electron chi connectivity index (χ3n) is 6.11. The first-order valence-corrected chi connectivity index (χ1v) is 10.8. The lowest BCUT2D eigenvalue weighted by atomic mass is 10.1. The molecule has 0 bridgehead atoms. The number of hydrogen-bond acceptors (Lipinski definition) is 5. The fourth-order valence-corrected chi connectivity index (χ4v) is 4.40. The van der Waals surface area contributed by atoms with Crippen molar-refractivity contribution in [3.8, 4) is 5.75 Å². The van der Waals surface area contributed by atoms with Crippen molar-refractivity contribution in [2.75, 3.05) is 19.6 Å². The summed E-state index contributed by atoms with van der Waals surface area (Å²) in [5.74, 6) is -2.32. The van der Waals surface area contributed by atoms with Crippen LogP contribution < -0.4 is 4.74 Å². The Labute approximate surface area is 196 Å². The normalized spacial score (nSPS) is 17.6. The Morgan fingerprint density at radius 3 is 2.71 bits per heavy atom. The Bertz CT molecular complexity index is 1340. The number of benzene rings is 2. The number of likely N-dealkylation sites (tertiary alicyclic amines) is 1. The SMILES string of the molecule is O=C(c1ccc2[nH]nnc2c1)N1C=C2CN(C(=O)CCc3ccc(OC(F)(F)F)c(F)c3)C[C@@H]2C1. The number of amides is 2. The molecule has 0 saturated carbocycles. The highest BCUT2D eigenvalue weighted by atomic mass is 19.4. The van der Waals surface area contributed by atoms with Gasteiger partial charge in [0.2, 0.25) is 5.91 Å². The molecule has 0 spiro atoms. The number of halogens is 4. The van der Waals surface area contributed by atoms with Crippen LogP contribution in [-0.4, -0.2) is 63.0 Å². The van der Waals surface area contributed by atoms with Crippen LogP contribution in [0.5, 0.6) is 5.75 Å². The van der Waals surface area contributed by atoms with E-state index in [1.807, 2.05) is 0 Å². The maximum Gasteiger partial charge on any atom is 0.573 e. The average molecular weight is 489 g/mol. The molecule has 182 valence electrons. The number of ether oxygens (including phenoxy) is 1. The largest absolute Gasteiger partial charge is 0.573 e. The Hall–Kier alpha value is -3.96. The number of H-pyrrole nitrogens is 1. The van der Waals surface area contributed by atoms with Gasteiger partial charge in [-0.15, -0.1) is 18.3 Å². The second-order valence-electron chi connectivity index (χ2n) is 8.49. The second-order valence-corrected chi connectivity index (χ2v) is 8.49. The minimum absolute atomic E-state index is 0.0370. The van der Waals surface area contributed by atoms with Gasteiger partial charge in [0.05, 0.1) is 5.52 Å². The van der Waals surface area contributed by atoms with Crippen LogP contribution in [0.1, 0.15) is 22.3 Å². The zero-order valence-electron chi connectivity index (χ0n) is 18.2. The molecule has 1 aromatic heterocycles. The Morgan fingerprint density at radius 1 is 1.14 bits per heavy atom. The van der Waals surface area contributed by atoms with E-state index < -0.39 is 17.9 Å². The Balaban J connectivity index is 1.16. The summed E-state index contributed by atoms with van der Waals surface area (Å²) in [5, 5.41) is 10.4. The summed E-state index contributed by atoms with van der Waals surface area (Å²) in [5.41, 5.74) is 3.21.